The molecule has 0 aliphatic carbocycles. The zero-order chi connectivity index (χ0) is 10.6. The number of carbonyl (C=O) groups is 1. The van der Waals surface area contributed by atoms with E-state index in [0.717, 1.165) is 0 Å². The molecule has 0 rings (SSSR count). The molecule has 6 nitrogen and oxygen atoms in total. The Morgan fingerprint density at radius 1 is 1.42 bits per heavy atom. The summed E-state index contributed by atoms with van der Waals surface area (Å²) in [7, 11) is 0. The standard InChI is InChI=1S/C6H13NO5/c7-3(1-8)5(11)6(12)4(10)2-9/h1,3-6,9-12H,2,7H2/t3-,4+,5+,6-/m0/s1/i1T. The largest absolute Gasteiger partial charge is 0.394 e. The topological polar surface area (TPSA) is 124 Å². The average Bonchev–Trinajstić information content (AvgIpc) is 2.12. The number of nitrogens with two attached hydrogens (primary N) is 1. The Hall–Kier alpha value is -0.530. The molecule has 0 heterocycles. The summed E-state index contributed by atoms with van der Waals surface area (Å²) in [4.78, 5) is 10.3. The number of aliphatic hydroxyl groups is 4. The first-order valence-electron chi connectivity index (χ1n) is 3.83. The predicted octanol–water partition coefficient (Wildman–Crippen LogP) is -3.41. The van der Waals surface area contributed by atoms with Crippen molar-refractivity contribution in [2.45, 2.75) is 24.4 Å². The third kappa shape index (κ3) is 2.84. The molecule has 72 valence electrons. The van der Waals surface area contributed by atoms with E-state index in [9.17, 15) is 4.79 Å². The number of carbonyl (C=O) groups excluding carboxylic acids is 1. The minimum Gasteiger partial charge on any atom is -0.394 e. The molecular weight excluding hydrogens is 166 g/mol. The van der Waals surface area contributed by atoms with Crippen LogP contribution in [0.5, 0.6) is 0 Å². The summed E-state index contributed by atoms with van der Waals surface area (Å²) < 4.78 is 6.53. The predicted molar refractivity (Wildman–Crippen MR) is 39.1 cm³/mol. The van der Waals surface area contributed by atoms with Gasteiger partial charge in [-0.2, -0.15) is 0 Å². The smallest absolute Gasteiger partial charge is 0.139 e. The van der Waals surface area contributed by atoms with Gasteiger partial charge in [-0.3, -0.25) is 0 Å². The SMILES string of the molecule is [3H]C(=O)[C@H](N)[C@@H](O)[C@@H](O)[C@H](O)CO. The van der Waals surface area contributed by atoms with Gasteiger partial charge in [-0.1, -0.05) is 0 Å². The molecule has 6 N–H and O–H groups in total. The maximum Gasteiger partial charge on any atom is 0.139 e. The molecule has 0 aromatic rings. The second-order valence-corrected chi connectivity index (χ2v) is 2.37. The minimum atomic E-state index is -1.76. The van der Waals surface area contributed by atoms with Gasteiger partial charge in [0.1, 0.15) is 25.9 Å². The van der Waals surface area contributed by atoms with Gasteiger partial charge in [0.25, 0.3) is 0 Å². The van der Waals surface area contributed by atoms with E-state index in [2.05, 4.69) is 0 Å². The Balaban J connectivity index is 4.24. The summed E-state index contributed by atoms with van der Waals surface area (Å²) in [5.41, 5.74) is 5.01. The molecule has 0 aliphatic rings. The molecule has 12 heavy (non-hydrogen) atoms. The van der Waals surface area contributed by atoms with Crippen molar-refractivity contribution in [1.29, 1.82) is 0 Å². The molecule has 6 heteroatoms. The second kappa shape index (κ2) is 5.18. The van der Waals surface area contributed by atoms with Crippen LogP contribution < -0.4 is 5.73 Å². The van der Waals surface area contributed by atoms with Crippen LogP contribution >= 0.6 is 0 Å². The van der Waals surface area contributed by atoms with Gasteiger partial charge in [0.05, 0.1) is 12.6 Å². The Morgan fingerprint density at radius 2 is 1.92 bits per heavy atom. The number of rotatable bonds is 5. The third-order valence-electron chi connectivity index (χ3n) is 1.44. The van der Waals surface area contributed by atoms with Gasteiger partial charge >= 0.3 is 0 Å². The summed E-state index contributed by atoms with van der Waals surface area (Å²) in [6.45, 7) is -0.767. The molecule has 0 fully saturated rings. The van der Waals surface area contributed by atoms with E-state index in [-0.39, 0.29) is 0 Å². The summed E-state index contributed by atoms with van der Waals surface area (Å²) in [5.74, 6) is 0. The lowest BCUT2D eigenvalue weighted by Crippen LogP contribution is -2.49. The molecule has 0 bridgehead atoms. The lowest BCUT2D eigenvalue weighted by atomic mass is 10.0. The molecule has 0 amide bonds. The molecule has 0 radical (unpaired) electrons. The van der Waals surface area contributed by atoms with Crippen LogP contribution in [0.2, 0.25) is 0 Å². The molecule has 0 spiro atoms. The minimum absolute atomic E-state index is 0.767. The molecule has 0 unspecified atom stereocenters. The normalized spacial score (nSPS) is 22.2. The maximum absolute atomic E-state index is 10.3. The zero-order valence-corrected chi connectivity index (χ0v) is 6.29. The fourth-order valence-corrected chi connectivity index (χ4v) is 0.618. The van der Waals surface area contributed by atoms with E-state index < -0.39 is 37.2 Å². The van der Waals surface area contributed by atoms with E-state index in [1.165, 1.54) is 0 Å². The van der Waals surface area contributed by atoms with Gasteiger partial charge < -0.3 is 31.0 Å². The molecule has 0 aromatic heterocycles. The molecular formula is C6H13NO5. The van der Waals surface area contributed by atoms with Crippen LogP contribution in [0.3, 0.4) is 0 Å². The number of aldehydes is 1. The monoisotopic (exact) mass is 181 g/mol. The van der Waals surface area contributed by atoms with Crippen LogP contribution in [-0.2, 0) is 4.79 Å². The fourth-order valence-electron chi connectivity index (χ4n) is 0.618. The van der Waals surface area contributed by atoms with Crippen LogP contribution in [0.15, 0.2) is 0 Å². The van der Waals surface area contributed by atoms with Crippen molar-refractivity contribution in [3.63, 3.8) is 0 Å². The van der Waals surface area contributed by atoms with Crippen molar-refractivity contribution in [2.24, 2.45) is 5.73 Å². The van der Waals surface area contributed by atoms with Gasteiger partial charge in [0, 0.05) is 0 Å². The van der Waals surface area contributed by atoms with Crippen LogP contribution in [0.1, 0.15) is 1.37 Å². The molecule has 0 aromatic carbocycles. The van der Waals surface area contributed by atoms with Crippen molar-refractivity contribution in [1.82, 2.24) is 0 Å². The Bertz CT molecular complexity index is 178. The van der Waals surface area contributed by atoms with Gasteiger partial charge in [-0.25, -0.2) is 0 Å². The van der Waals surface area contributed by atoms with Gasteiger partial charge in [-0.05, 0) is 0 Å². The van der Waals surface area contributed by atoms with E-state index in [1.807, 2.05) is 0 Å². The Morgan fingerprint density at radius 3 is 2.25 bits per heavy atom. The van der Waals surface area contributed by atoms with Crippen molar-refractivity contribution >= 4 is 6.26 Å². The van der Waals surface area contributed by atoms with E-state index in [0.29, 0.717) is 0 Å². The highest BCUT2D eigenvalue weighted by molar-refractivity contribution is 5.58. The summed E-state index contributed by atoms with van der Waals surface area (Å²) in [6.07, 6.45) is -6.33. The first-order chi connectivity index (χ1) is 5.91. The summed E-state index contributed by atoms with van der Waals surface area (Å²) >= 11 is 0. The zero-order valence-electron chi connectivity index (χ0n) is 7.29. The van der Waals surface area contributed by atoms with E-state index >= 15 is 0 Å². The van der Waals surface area contributed by atoms with Crippen LogP contribution in [-0.4, -0.2) is 57.6 Å². The molecule has 0 saturated heterocycles. The van der Waals surface area contributed by atoms with Crippen LogP contribution in [0.25, 0.3) is 0 Å². The number of hydrogen-bond donors (Lipinski definition) is 5. The molecule has 0 aliphatic heterocycles. The number of aliphatic hydroxyl groups excluding tert-OH is 4. The van der Waals surface area contributed by atoms with Gasteiger partial charge in [0.15, 0.2) is 0 Å². The Labute approximate surface area is 70.6 Å². The molecule has 4 atom stereocenters. The first-order valence-corrected chi connectivity index (χ1v) is 3.33. The lowest BCUT2D eigenvalue weighted by molar-refractivity contribution is -0.118. The third-order valence-corrected chi connectivity index (χ3v) is 1.44. The highest BCUT2D eigenvalue weighted by Gasteiger charge is 2.28. The molecule has 0 saturated carbocycles. The quantitative estimate of drug-likeness (QED) is 0.281. The van der Waals surface area contributed by atoms with Crippen LogP contribution in [0.4, 0.5) is 0 Å². The van der Waals surface area contributed by atoms with Crippen molar-refractivity contribution in [3.05, 3.63) is 0 Å². The van der Waals surface area contributed by atoms with Crippen molar-refractivity contribution in [2.75, 3.05) is 6.61 Å². The van der Waals surface area contributed by atoms with Gasteiger partial charge in [-0.15, -0.1) is 0 Å². The fraction of sp³-hybridized carbons (Fsp3) is 0.833. The first kappa shape index (κ1) is 9.56. The number of hydrogen-bond acceptors (Lipinski definition) is 6. The summed E-state index contributed by atoms with van der Waals surface area (Å²) in [6, 6.07) is -1.59. The van der Waals surface area contributed by atoms with Crippen molar-refractivity contribution < 1.29 is 26.6 Å². The highest BCUT2D eigenvalue weighted by Crippen LogP contribution is 2.01. The maximum atomic E-state index is 10.3. The highest BCUT2D eigenvalue weighted by atomic mass is 16.4. The van der Waals surface area contributed by atoms with Gasteiger partial charge in [0.2, 0.25) is 0 Å². The summed E-state index contributed by atoms with van der Waals surface area (Å²) in [5, 5.41) is 35.3. The van der Waals surface area contributed by atoms with Crippen molar-refractivity contribution in [3.8, 4) is 0 Å². The van der Waals surface area contributed by atoms with Crippen LogP contribution in [0, 0.1) is 0 Å². The van der Waals surface area contributed by atoms with E-state index in [4.69, 9.17) is 27.5 Å². The average molecular weight is 181 g/mol. The Kier molecular flexibility index (Phi) is 4.12. The lowest BCUT2D eigenvalue weighted by Gasteiger charge is -2.23. The second-order valence-electron chi connectivity index (χ2n) is 2.37. The van der Waals surface area contributed by atoms with E-state index in [1.54, 1.807) is 0 Å².